The first-order valence-corrected chi connectivity index (χ1v) is 9.02. The zero-order valence-electron chi connectivity index (χ0n) is 13.5. The highest BCUT2D eigenvalue weighted by Gasteiger charge is 2.39. The Kier molecular flexibility index (Phi) is 4.08. The van der Waals surface area contributed by atoms with Gasteiger partial charge in [-0.15, -0.1) is 0 Å². The summed E-state index contributed by atoms with van der Waals surface area (Å²) in [5.74, 6) is 4.03. The molecule has 0 aromatic carbocycles. The second kappa shape index (κ2) is 5.71. The highest BCUT2D eigenvalue weighted by atomic mass is 32.2. The van der Waals surface area contributed by atoms with E-state index in [9.17, 15) is 0 Å². The number of nitrogens with one attached hydrogen (secondary N) is 1. The molecule has 1 atom stereocenters. The Morgan fingerprint density at radius 1 is 1.38 bits per heavy atom. The van der Waals surface area contributed by atoms with Crippen molar-refractivity contribution in [3.05, 3.63) is 23.2 Å². The van der Waals surface area contributed by atoms with E-state index in [1.807, 2.05) is 25.6 Å². The molecule has 1 aromatic rings. The maximum atomic E-state index is 5.63. The van der Waals surface area contributed by atoms with Crippen molar-refractivity contribution in [2.45, 2.75) is 65.0 Å². The fourth-order valence-corrected chi connectivity index (χ4v) is 4.76. The van der Waals surface area contributed by atoms with Crippen molar-refractivity contribution in [1.82, 2.24) is 5.32 Å². The van der Waals surface area contributed by atoms with Gasteiger partial charge in [0, 0.05) is 16.9 Å². The summed E-state index contributed by atoms with van der Waals surface area (Å²) in [4.78, 5) is 4.90. The molecule has 1 saturated heterocycles. The Hall–Kier alpha value is -0.900. The Bertz CT molecular complexity index is 541. The second-order valence-electron chi connectivity index (χ2n) is 6.86. The maximum Gasteiger partial charge on any atom is 0.157 e. The summed E-state index contributed by atoms with van der Waals surface area (Å²) < 4.78 is 5.63. The lowest BCUT2D eigenvalue weighted by Gasteiger charge is -2.35. The molecule has 2 heterocycles. The number of nitrogens with zero attached hydrogens (tertiary/aromatic N) is 1. The van der Waals surface area contributed by atoms with Crippen LogP contribution in [0.2, 0.25) is 0 Å². The van der Waals surface area contributed by atoms with Crippen LogP contribution in [0.4, 0.5) is 0 Å². The first-order valence-electron chi connectivity index (χ1n) is 8.03. The molecule has 1 saturated carbocycles. The van der Waals surface area contributed by atoms with Crippen LogP contribution in [-0.2, 0) is 0 Å². The molecule has 2 fully saturated rings. The zero-order chi connectivity index (χ0) is 15.0. The predicted octanol–water partition coefficient (Wildman–Crippen LogP) is 4.60. The third-order valence-electron chi connectivity index (χ3n) is 4.93. The number of thioether (sulfide) groups is 1. The van der Waals surface area contributed by atoms with Gasteiger partial charge in [-0.2, -0.15) is 0 Å². The smallest absolute Gasteiger partial charge is 0.157 e. The van der Waals surface area contributed by atoms with E-state index in [2.05, 4.69) is 25.2 Å². The van der Waals surface area contributed by atoms with E-state index in [-0.39, 0.29) is 6.04 Å². The number of hydrogen-bond donors (Lipinski definition) is 1. The molecule has 1 aliphatic heterocycles. The summed E-state index contributed by atoms with van der Waals surface area (Å²) in [6.07, 6.45) is 5.27. The van der Waals surface area contributed by atoms with E-state index in [1.54, 1.807) is 0 Å². The van der Waals surface area contributed by atoms with Gasteiger partial charge in [0.2, 0.25) is 0 Å². The molecule has 0 radical (unpaired) electrons. The molecule has 116 valence electrons. The van der Waals surface area contributed by atoms with Gasteiger partial charge in [0.15, 0.2) is 5.17 Å². The molecule has 1 unspecified atom stereocenters. The number of hydrogen-bond acceptors (Lipinski definition) is 3. The molecule has 1 N–H and O–H groups in total. The summed E-state index contributed by atoms with van der Waals surface area (Å²) in [7, 11) is 0. The van der Waals surface area contributed by atoms with Crippen LogP contribution in [0.15, 0.2) is 15.5 Å². The summed E-state index contributed by atoms with van der Waals surface area (Å²) >= 11 is 1.89. The van der Waals surface area contributed by atoms with Gasteiger partial charge in [-0.05, 0) is 58.4 Å². The van der Waals surface area contributed by atoms with Crippen molar-refractivity contribution >= 4 is 16.9 Å². The van der Waals surface area contributed by atoms with Crippen LogP contribution in [0.5, 0.6) is 0 Å². The predicted molar refractivity (Wildman–Crippen MR) is 90.0 cm³/mol. The molecule has 4 heteroatoms. The summed E-state index contributed by atoms with van der Waals surface area (Å²) in [5, 5.41) is 4.86. The van der Waals surface area contributed by atoms with Gasteiger partial charge in [0.1, 0.15) is 11.5 Å². The van der Waals surface area contributed by atoms with Crippen molar-refractivity contribution in [2.24, 2.45) is 10.9 Å². The van der Waals surface area contributed by atoms with E-state index >= 15 is 0 Å². The van der Waals surface area contributed by atoms with Crippen LogP contribution < -0.4 is 5.32 Å². The highest BCUT2D eigenvalue weighted by Crippen LogP contribution is 2.39. The molecule has 0 amide bonds. The van der Waals surface area contributed by atoms with Gasteiger partial charge >= 0.3 is 0 Å². The van der Waals surface area contributed by atoms with Crippen LogP contribution in [-0.4, -0.2) is 16.5 Å². The molecule has 0 bridgehead atoms. The first-order chi connectivity index (χ1) is 9.97. The average Bonchev–Trinajstić information content (AvgIpc) is 2.98. The minimum Gasteiger partial charge on any atom is -0.466 e. The normalized spacial score (nSPS) is 32.6. The largest absolute Gasteiger partial charge is 0.466 e. The average molecular weight is 306 g/mol. The lowest BCUT2D eigenvalue weighted by Crippen LogP contribution is -2.46. The molecule has 2 aliphatic rings. The third-order valence-corrected chi connectivity index (χ3v) is 6.11. The van der Waals surface area contributed by atoms with E-state index in [1.165, 1.54) is 37.0 Å². The van der Waals surface area contributed by atoms with E-state index < -0.39 is 0 Å². The lowest BCUT2D eigenvalue weighted by molar-refractivity contribution is 0.250. The number of aryl methyl sites for hydroxylation is 2. The molecular formula is C17H26N2OS. The molecule has 3 nitrogen and oxygen atoms in total. The van der Waals surface area contributed by atoms with Crippen molar-refractivity contribution in [3.63, 3.8) is 0 Å². The summed E-state index contributed by atoms with van der Waals surface area (Å²) in [6.45, 7) is 8.55. The Morgan fingerprint density at radius 3 is 2.71 bits per heavy atom. The Labute approximate surface area is 132 Å². The summed E-state index contributed by atoms with van der Waals surface area (Å²) in [5.41, 5.74) is 1.53. The van der Waals surface area contributed by atoms with Crippen LogP contribution >= 0.6 is 11.8 Å². The van der Waals surface area contributed by atoms with E-state index in [0.29, 0.717) is 5.54 Å². The van der Waals surface area contributed by atoms with Gasteiger partial charge in [0.05, 0.1) is 6.04 Å². The van der Waals surface area contributed by atoms with Crippen molar-refractivity contribution in [2.75, 3.05) is 5.75 Å². The van der Waals surface area contributed by atoms with Crippen molar-refractivity contribution in [1.29, 1.82) is 0 Å². The summed E-state index contributed by atoms with van der Waals surface area (Å²) in [6, 6.07) is 2.27. The molecular weight excluding hydrogens is 280 g/mol. The quantitative estimate of drug-likeness (QED) is 0.867. The van der Waals surface area contributed by atoms with E-state index in [0.717, 1.165) is 22.6 Å². The van der Waals surface area contributed by atoms with Crippen molar-refractivity contribution < 1.29 is 4.42 Å². The van der Waals surface area contributed by atoms with E-state index in [4.69, 9.17) is 9.41 Å². The molecule has 1 aromatic heterocycles. The fraction of sp³-hybridized carbons (Fsp3) is 0.706. The first kappa shape index (κ1) is 15.0. The van der Waals surface area contributed by atoms with Crippen LogP contribution in [0.1, 0.15) is 62.7 Å². The number of furan rings is 1. The van der Waals surface area contributed by atoms with Gasteiger partial charge in [-0.3, -0.25) is 4.99 Å². The Morgan fingerprint density at radius 2 is 2.10 bits per heavy atom. The number of amidine groups is 1. The topological polar surface area (TPSA) is 37.5 Å². The fourth-order valence-electron chi connectivity index (χ4n) is 3.47. The van der Waals surface area contributed by atoms with Gasteiger partial charge in [-0.25, -0.2) is 0 Å². The minimum atomic E-state index is 0.162. The number of rotatable bonds is 2. The zero-order valence-corrected chi connectivity index (χ0v) is 14.3. The van der Waals surface area contributed by atoms with Crippen LogP contribution in [0.3, 0.4) is 0 Å². The number of aliphatic imine (C=N–C) groups is 1. The second-order valence-corrected chi connectivity index (χ2v) is 7.82. The molecule has 21 heavy (non-hydrogen) atoms. The van der Waals surface area contributed by atoms with Crippen molar-refractivity contribution in [3.8, 4) is 0 Å². The SMILES string of the molecule is Cc1cc(C(C)N=C2NC3(CCC(C)CC3)CS2)c(C)o1. The highest BCUT2D eigenvalue weighted by molar-refractivity contribution is 8.14. The van der Waals surface area contributed by atoms with Crippen LogP contribution in [0, 0.1) is 19.8 Å². The molecule has 1 spiro atoms. The lowest BCUT2D eigenvalue weighted by atomic mass is 9.78. The van der Waals surface area contributed by atoms with Gasteiger partial charge in [0.25, 0.3) is 0 Å². The maximum absolute atomic E-state index is 5.63. The van der Waals surface area contributed by atoms with Gasteiger partial charge in [-0.1, -0.05) is 18.7 Å². The molecule has 1 aliphatic carbocycles. The minimum absolute atomic E-state index is 0.162. The van der Waals surface area contributed by atoms with Crippen LogP contribution in [0.25, 0.3) is 0 Å². The third kappa shape index (κ3) is 3.15. The molecule has 3 rings (SSSR count). The van der Waals surface area contributed by atoms with Gasteiger partial charge < -0.3 is 9.73 Å². The Balaban J connectivity index is 1.69. The standard InChI is InChI=1S/C17H26N2OS/c1-11-5-7-17(8-6-11)10-21-16(19-17)18-13(3)15-9-12(2)20-14(15)4/h9,11,13H,5-8,10H2,1-4H3,(H,18,19). The monoisotopic (exact) mass is 306 g/mol.